The zero-order valence-corrected chi connectivity index (χ0v) is 28.3. The van der Waals surface area contributed by atoms with Crippen LogP contribution in [-0.2, 0) is 42.3 Å². The lowest BCUT2D eigenvalue weighted by Crippen LogP contribution is -2.27. The van der Waals surface area contributed by atoms with Gasteiger partial charge in [0.15, 0.2) is 8.32 Å². The van der Waals surface area contributed by atoms with Crippen molar-refractivity contribution in [2.75, 3.05) is 112 Å². The second-order valence-corrected chi connectivity index (χ2v) is 15.6. The summed E-state index contributed by atoms with van der Waals surface area (Å²) in [5.74, 6) is 0. The first-order valence-corrected chi connectivity index (χ1v) is 19.7. The van der Waals surface area contributed by atoms with Crippen LogP contribution in [0.5, 0.6) is 0 Å². The third kappa shape index (κ3) is 39.9. The molecule has 0 heterocycles. The Morgan fingerprint density at radius 3 is 0.829 bits per heavy atom. The van der Waals surface area contributed by atoms with Crippen molar-refractivity contribution in [3.05, 3.63) is 0 Å². The van der Waals surface area contributed by atoms with Crippen LogP contribution in [0.15, 0.2) is 0 Å². The van der Waals surface area contributed by atoms with Crippen molar-refractivity contribution in [2.24, 2.45) is 0 Å². The molecule has 0 saturated heterocycles. The highest BCUT2D eigenvalue weighted by atomic mass is 28.4. The Morgan fingerprint density at radius 2 is 0.537 bits per heavy atom. The molecule has 248 valence electrons. The van der Waals surface area contributed by atoms with Crippen LogP contribution < -0.4 is 0 Å². The standard InChI is InChI=1S/C31H66O9Si/c1-5-6-7-8-9-10-11-12-13-14-15-32-16-17-33-18-19-34-20-21-35-22-23-36-24-25-37-26-27-38-28-29-39-30-31-40-41(2,3)4/h5-31H2,1-4H3. The van der Waals surface area contributed by atoms with Gasteiger partial charge in [0.25, 0.3) is 0 Å². The van der Waals surface area contributed by atoms with Crippen LogP contribution in [0.25, 0.3) is 0 Å². The summed E-state index contributed by atoms with van der Waals surface area (Å²) in [4.78, 5) is 0. The molecule has 10 heteroatoms. The zero-order valence-electron chi connectivity index (χ0n) is 27.3. The largest absolute Gasteiger partial charge is 0.415 e. The summed E-state index contributed by atoms with van der Waals surface area (Å²) in [6.45, 7) is 18.8. The lowest BCUT2D eigenvalue weighted by Gasteiger charge is -2.16. The third-order valence-electron chi connectivity index (χ3n) is 6.01. The Kier molecular flexibility index (Phi) is 34.2. The molecule has 0 N–H and O–H groups in total. The number of hydrogen-bond acceptors (Lipinski definition) is 9. The zero-order chi connectivity index (χ0) is 30.0. The minimum absolute atomic E-state index is 0.542. The third-order valence-corrected chi connectivity index (χ3v) is 7.08. The van der Waals surface area contributed by atoms with E-state index in [4.69, 9.17) is 42.3 Å². The Hall–Kier alpha value is -0.143. The number of ether oxygens (including phenoxy) is 8. The quantitative estimate of drug-likeness (QED) is 0.0637. The first-order chi connectivity index (χ1) is 20.1. The van der Waals surface area contributed by atoms with Gasteiger partial charge >= 0.3 is 0 Å². The first kappa shape index (κ1) is 40.9. The summed E-state index contributed by atoms with van der Waals surface area (Å²) in [7, 11) is -1.44. The molecular weight excluding hydrogens is 544 g/mol. The summed E-state index contributed by atoms with van der Waals surface area (Å²) in [5, 5.41) is 0. The van der Waals surface area contributed by atoms with Gasteiger partial charge in [0.2, 0.25) is 0 Å². The predicted octanol–water partition coefficient (Wildman–Crippen LogP) is 5.89. The summed E-state index contributed by atoms with van der Waals surface area (Å²) in [5.41, 5.74) is 0. The molecule has 0 aliphatic heterocycles. The molecule has 0 saturated carbocycles. The Labute approximate surface area is 253 Å². The fourth-order valence-electron chi connectivity index (χ4n) is 3.74. The maximum atomic E-state index is 5.72. The van der Waals surface area contributed by atoms with Gasteiger partial charge in [-0.25, -0.2) is 0 Å². The molecule has 0 amide bonds. The minimum atomic E-state index is -1.44. The second-order valence-electron chi connectivity index (χ2n) is 11.0. The molecule has 0 rings (SSSR count). The minimum Gasteiger partial charge on any atom is -0.415 e. The van der Waals surface area contributed by atoms with Crippen molar-refractivity contribution in [2.45, 2.75) is 90.8 Å². The van der Waals surface area contributed by atoms with E-state index in [-0.39, 0.29) is 0 Å². The van der Waals surface area contributed by atoms with Crippen LogP contribution in [0, 0.1) is 0 Å². The van der Waals surface area contributed by atoms with Crippen molar-refractivity contribution in [3.63, 3.8) is 0 Å². The van der Waals surface area contributed by atoms with E-state index in [1.54, 1.807) is 0 Å². The van der Waals surface area contributed by atoms with Gasteiger partial charge in [0, 0.05) is 6.61 Å². The van der Waals surface area contributed by atoms with Crippen molar-refractivity contribution < 1.29 is 42.3 Å². The van der Waals surface area contributed by atoms with Gasteiger partial charge in [-0.05, 0) is 26.1 Å². The van der Waals surface area contributed by atoms with Gasteiger partial charge in [-0.2, -0.15) is 0 Å². The molecule has 41 heavy (non-hydrogen) atoms. The highest BCUT2D eigenvalue weighted by Gasteiger charge is 2.13. The van der Waals surface area contributed by atoms with Gasteiger partial charge < -0.3 is 42.3 Å². The van der Waals surface area contributed by atoms with Gasteiger partial charge in [-0.15, -0.1) is 0 Å². The predicted molar refractivity (Wildman–Crippen MR) is 168 cm³/mol. The van der Waals surface area contributed by atoms with Crippen molar-refractivity contribution in [1.82, 2.24) is 0 Å². The van der Waals surface area contributed by atoms with Gasteiger partial charge in [-0.1, -0.05) is 64.7 Å². The van der Waals surface area contributed by atoms with E-state index in [9.17, 15) is 0 Å². The van der Waals surface area contributed by atoms with E-state index in [0.29, 0.717) is 106 Å². The van der Waals surface area contributed by atoms with Crippen LogP contribution >= 0.6 is 0 Å². The Bertz CT molecular complexity index is 481. The van der Waals surface area contributed by atoms with Crippen LogP contribution in [0.4, 0.5) is 0 Å². The van der Waals surface area contributed by atoms with E-state index in [2.05, 4.69) is 26.6 Å². The lowest BCUT2D eigenvalue weighted by atomic mass is 10.1. The molecular formula is C31H66O9Si. The first-order valence-electron chi connectivity index (χ1n) is 16.3. The van der Waals surface area contributed by atoms with E-state index < -0.39 is 8.32 Å². The van der Waals surface area contributed by atoms with Crippen molar-refractivity contribution in [3.8, 4) is 0 Å². The van der Waals surface area contributed by atoms with Crippen LogP contribution in [-0.4, -0.2) is 121 Å². The molecule has 0 unspecified atom stereocenters. The summed E-state index contributed by atoms with van der Waals surface area (Å²) in [6, 6.07) is 0. The van der Waals surface area contributed by atoms with Crippen molar-refractivity contribution >= 4 is 8.32 Å². The van der Waals surface area contributed by atoms with E-state index in [1.165, 1.54) is 57.8 Å². The monoisotopic (exact) mass is 610 g/mol. The average Bonchev–Trinajstić information content (AvgIpc) is 2.94. The van der Waals surface area contributed by atoms with E-state index in [1.807, 2.05) is 0 Å². The molecule has 0 aliphatic carbocycles. The van der Waals surface area contributed by atoms with Crippen LogP contribution in [0.2, 0.25) is 19.6 Å². The highest BCUT2D eigenvalue weighted by Crippen LogP contribution is 2.10. The molecule has 0 aromatic carbocycles. The summed E-state index contributed by atoms with van der Waals surface area (Å²) < 4.78 is 49.8. The molecule has 0 spiro atoms. The SMILES string of the molecule is CCCCCCCCCCCCOCCOCCOCCOCCOCCOCCOCCOCCO[Si](C)(C)C. The fourth-order valence-corrected chi connectivity index (χ4v) is 4.44. The van der Waals surface area contributed by atoms with Gasteiger partial charge in [0.05, 0.1) is 106 Å². The summed E-state index contributed by atoms with van der Waals surface area (Å²) in [6.07, 6.45) is 13.5. The normalized spacial score (nSPS) is 12.0. The highest BCUT2D eigenvalue weighted by molar-refractivity contribution is 6.69. The summed E-state index contributed by atoms with van der Waals surface area (Å²) >= 11 is 0. The van der Waals surface area contributed by atoms with E-state index >= 15 is 0 Å². The second kappa shape index (κ2) is 34.3. The molecule has 0 aromatic heterocycles. The Morgan fingerprint density at radius 1 is 0.293 bits per heavy atom. The molecule has 0 bridgehead atoms. The Balaban J connectivity index is 3.04. The maximum Gasteiger partial charge on any atom is 0.183 e. The molecule has 0 aromatic rings. The lowest BCUT2D eigenvalue weighted by molar-refractivity contribution is -0.0237. The number of unbranched alkanes of at least 4 members (excludes halogenated alkanes) is 9. The van der Waals surface area contributed by atoms with Gasteiger partial charge in [-0.3, -0.25) is 0 Å². The number of hydrogen-bond donors (Lipinski definition) is 0. The van der Waals surface area contributed by atoms with E-state index in [0.717, 1.165) is 13.0 Å². The average molecular weight is 611 g/mol. The smallest absolute Gasteiger partial charge is 0.183 e. The molecule has 0 radical (unpaired) electrons. The fraction of sp³-hybridized carbons (Fsp3) is 1.00. The van der Waals surface area contributed by atoms with Crippen molar-refractivity contribution in [1.29, 1.82) is 0 Å². The van der Waals surface area contributed by atoms with Crippen LogP contribution in [0.3, 0.4) is 0 Å². The van der Waals surface area contributed by atoms with Gasteiger partial charge in [0.1, 0.15) is 0 Å². The molecule has 9 nitrogen and oxygen atoms in total. The molecule has 0 atom stereocenters. The molecule has 0 aliphatic rings. The topological polar surface area (TPSA) is 83.1 Å². The maximum absolute atomic E-state index is 5.72. The number of rotatable bonds is 36. The molecule has 0 fully saturated rings. The van der Waals surface area contributed by atoms with Crippen LogP contribution in [0.1, 0.15) is 71.1 Å².